The molecule has 1 heterocycles. The molecule has 0 spiro atoms. The van der Waals surface area contributed by atoms with Crippen LogP contribution in [0.15, 0.2) is 30.5 Å². The molecule has 4 aliphatic rings. The van der Waals surface area contributed by atoms with Gasteiger partial charge in [-0.15, -0.1) is 0 Å². The minimum atomic E-state index is -1.06. The van der Waals surface area contributed by atoms with Gasteiger partial charge in [0, 0.05) is 24.4 Å². The molecule has 230 valence electrons. The van der Waals surface area contributed by atoms with Gasteiger partial charge >= 0.3 is 5.97 Å². The minimum absolute atomic E-state index is 0.00359. The van der Waals surface area contributed by atoms with Gasteiger partial charge in [0.05, 0.1) is 17.7 Å². The Morgan fingerprint density at radius 1 is 1.07 bits per heavy atom. The van der Waals surface area contributed by atoms with Gasteiger partial charge in [-0.25, -0.2) is 0 Å². The van der Waals surface area contributed by atoms with Crippen molar-refractivity contribution >= 4 is 22.8 Å². The van der Waals surface area contributed by atoms with E-state index in [1.165, 1.54) is 25.7 Å². The number of aromatic nitrogens is 1. The molecule has 42 heavy (non-hydrogen) atoms. The average Bonchev–Trinajstić information content (AvgIpc) is 3.51. The van der Waals surface area contributed by atoms with Crippen LogP contribution in [0, 0.1) is 46.3 Å². The number of carbonyl (C=O) groups excluding carboxylic acids is 1. The number of fused-ring (bicyclic) bond motifs is 6. The Labute approximate surface area is 249 Å². The van der Waals surface area contributed by atoms with Crippen molar-refractivity contribution in [2.45, 2.75) is 110 Å². The van der Waals surface area contributed by atoms with Crippen molar-refractivity contribution in [3.8, 4) is 0 Å². The molecule has 0 saturated heterocycles. The third kappa shape index (κ3) is 4.66. The van der Waals surface area contributed by atoms with Gasteiger partial charge in [-0.2, -0.15) is 0 Å². The highest BCUT2D eigenvalue weighted by Gasteiger charge is 2.65. The number of carboxylic acids is 1. The van der Waals surface area contributed by atoms with Crippen LogP contribution >= 0.6 is 0 Å². The summed E-state index contributed by atoms with van der Waals surface area (Å²) in [6.07, 6.45) is 11.1. The maximum absolute atomic E-state index is 13.6. The van der Waals surface area contributed by atoms with Crippen LogP contribution in [0.5, 0.6) is 0 Å². The lowest BCUT2D eigenvalue weighted by atomic mass is 9.43. The van der Waals surface area contributed by atoms with Gasteiger partial charge in [0.2, 0.25) is 5.91 Å². The van der Waals surface area contributed by atoms with Crippen molar-refractivity contribution in [1.29, 1.82) is 0 Å². The van der Waals surface area contributed by atoms with Crippen molar-refractivity contribution in [2.75, 3.05) is 0 Å². The zero-order chi connectivity index (χ0) is 30.0. The Morgan fingerprint density at radius 3 is 2.60 bits per heavy atom. The van der Waals surface area contributed by atoms with Crippen LogP contribution < -0.4 is 5.73 Å². The third-order valence-electron chi connectivity index (χ3n) is 13.1. The highest BCUT2D eigenvalue weighted by molar-refractivity contribution is 5.94. The van der Waals surface area contributed by atoms with Crippen molar-refractivity contribution in [1.82, 2.24) is 4.57 Å². The first kappa shape index (κ1) is 29.8. The predicted molar refractivity (Wildman–Crippen MR) is 163 cm³/mol. The molecule has 6 rings (SSSR count). The average molecular weight is 579 g/mol. The first-order chi connectivity index (χ1) is 20.0. The molecule has 4 saturated carbocycles. The largest absolute Gasteiger partial charge is 0.480 e. The fraction of sp³-hybridized carbons (Fsp3) is 0.714. The van der Waals surface area contributed by atoms with Crippen molar-refractivity contribution in [2.24, 2.45) is 52.1 Å². The van der Waals surface area contributed by atoms with Crippen LogP contribution in [0.1, 0.15) is 95.3 Å². The number of carboxylic acid groups (broad SMARTS) is 1. The molecule has 4 aliphatic carbocycles. The van der Waals surface area contributed by atoms with Gasteiger partial charge in [0.1, 0.15) is 6.04 Å². The number of aliphatic carboxylic acids is 1. The molecule has 0 amide bonds. The topological polar surface area (TPSA) is 126 Å². The van der Waals surface area contributed by atoms with E-state index in [1.807, 2.05) is 24.3 Å². The lowest BCUT2D eigenvalue weighted by molar-refractivity contribution is -0.201. The number of rotatable bonds is 7. The molecule has 4 fully saturated rings. The zero-order valence-corrected chi connectivity index (χ0v) is 25.5. The Hall–Kier alpha value is -2.22. The summed E-state index contributed by atoms with van der Waals surface area (Å²) in [5.74, 6) is 1.05. The molecular formula is C35H50N2O5. The second-order valence-electron chi connectivity index (χ2n) is 14.9. The van der Waals surface area contributed by atoms with E-state index < -0.39 is 12.0 Å². The van der Waals surface area contributed by atoms with Gasteiger partial charge < -0.3 is 21.1 Å². The number of nitrogens with zero attached hydrogens (tertiary/aromatic N) is 1. The highest BCUT2D eigenvalue weighted by atomic mass is 16.4. The maximum Gasteiger partial charge on any atom is 0.320 e. The van der Waals surface area contributed by atoms with Crippen molar-refractivity contribution in [3.63, 3.8) is 0 Å². The minimum Gasteiger partial charge on any atom is -0.480 e. The number of nitrogens with two attached hydrogens (primary N) is 1. The molecule has 0 bridgehead atoms. The zero-order valence-electron chi connectivity index (χ0n) is 25.5. The summed E-state index contributed by atoms with van der Waals surface area (Å²) in [7, 11) is 0. The van der Waals surface area contributed by atoms with Gasteiger partial charge in [-0.05, 0) is 103 Å². The lowest BCUT2D eigenvalue weighted by Gasteiger charge is -2.63. The highest BCUT2D eigenvalue weighted by Crippen LogP contribution is 2.68. The van der Waals surface area contributed by atoms with Gasteiger partial charge in [-0.1, -0.05) is 51.8 Å². The molecule has 7 heteroatoms. The number of hydrogen-bond donors (Lipinski definition) is 4. The summed E-state index contributed by atoms with van der Waals surface area (Å²) in [6, 6.07) is 6.58. The van der Waals surface area contributed by atoms with Gasteiger partial charge in [0.15, 0.2) is 0 Å². The van der Waals surface area contributed by atoms with E-state index in [2.05, 4.69) is 20.8 Å². The van der Waals surface area contributed by atoms with Crippen LogP contribution in [-0.2, 0) is 11.2 Å². The summed E-state index contributed by atoms with van der Waals surface area (Å²) >= 11 is 0. The molecule has 0 aliphatic heterocycles. The molecule has 2 aromatic rings. The lowest BCUT2D eigenvalue weighted by Crippen LogP contribution is -2.61. The van der Waals surface area contributed by atoms with E-state index >= 15 is 0 Å². The SMILES string of the molecule is CC(CCC(=O)n1cc(CC(N)C(=O)O)c2ccccc21)C1CCC2C3C(O)CC4CCCCC4(C)C3CC(O)C12C. The Kier molecular flexibility index (Phi) is 7.85. The summed E-state index contributed by atoms with van der Waals surface area (Å²) < 4.78 is 1.67. The molecule has 5 N–H and O–H groups in total. The first-order valence-corrected chi connectivity index (χ1v) is 16.4. The summed E-state index contributed by atoms with van der Waals surface area (Å²) in [4.78, 5) is 24.9. The molecule has 7 nitrogen and oxygen atoms in total. The van der Waals surface area contributed by atoms with Crippen molar-refractivity contribution in [3.05, 3.63) is 36.0 Å². The number of aliphatic hydroxyl groups is 2. The fourth-order valence-electron chi connectivity index (χ4n) is 10.8. The van der Waals surface area contributed by atoms with Crippen LogP contribution in [0.2, 0.25) is 0 Å². The number of aliphatic hydroxyl groups excluding tert-OH is 2. The van der Waals surface area contributed by atoms with E-state index in [4.69, 9.17) is 5.73 Å². The fourth-order valence-corrected chi connectivity index (χ4v) is 10.8. The second kappa shape index (κ2) is 11.0. The van der Waals surface area contributed by atoms with Gasteiger partial charge in [0.25, 0.3) is 0 Å². The van der Waals surface area contributed by atoms with E-state index in [0.717, 1.165) is 48.6 Å². The maximum atomic E-state index is 13.6. The normalized spacial score (nSPS) is 39.2. The molecule has 11 atom stereocenters. The summed E-state index contributed by atoms with van der Waals surface area (Å²) in [5, 5.41) is 33.6. The first-order valence-electron chi connectivity index (χ1n) is 16.4. The Balaban J connectivity index is 1.18. The van der Waals surface area contributed by atoms with Crippen LogP contribution in [0.25, 0.3) is 10.9 Å². The second-order valence-corrected chi connectivity index (χ2v) is 14.9. The third-order valence-corrected chi connectivity index (χ3v) is 13.1. The van der Waals surface area contributed by atoms with Crippen LogP contribution in [-0.4, -0.2) is 50.0 Å². The number of para-hydroxylation sites is 1. The molecule has 0 radical (unpaired) electrons. The Bertz CT molecular complexity index is 1340. The summed E-state index contributed by atoms with van der Waals surface area (Å²) in [5.41, 5.74) is 7.37. The van der Waals surface area contributed by atoms with Gasteiger partial charge in [-0.3, -0.25) is 14.2 Å². The van der Waals surface area contributed by atoms with Crippen molar-refractivity contribution < 1.29 is 24.9 Å². The standard InChI is InChI=1S/C35H50N2O5/c1-20(11-14-31(40)37-19-21(16-27(36)33(41)42)23-9-4-5-10-28(23)37)24-12-13-25-32-26(18-30(39)35(24,25)3)34(2)15-7-6-8-22(34)17-29(32)38/h4-5,9-10,19-20,22,24-27,29-30,32,38-39H,6-8,11-18,36H2,1-3H3,(H,41,42). The molecule has 1 aromatic heterocycles. The smallest absolute Gasteiger partial charge is 0.320 e. The van der Waals surface area contributed by atoms with E-state index in [9.17, 15) is 24.9 Å². The van der Waals surface area contributed by atoms with E-state index in [0.29, 0.717) is 30.1 Å². The Morgan fingerprint density at radius 2 is 1.83 bits per heavy atom. The number of carbonyl (C=O) groups is 2. The quantitative estimate of drug-likeness (QED) is 0.337. The molecular weight excluding hydrogens is 528 g/mol. The summed E-state index contributed by atoms with van der Waals surface area (Å²) in [6.45, 7) is 6.99. The number of hydrogen-bond acceptors (Lipinski definition) is 5. The number of benzene rings is 1. The molecule has 1 aromatic carbocycles. The predicted octanol–water partition coefficient (Wildman–Crippen LogP) is 5.64. The van der Waals surface area contributed by atoms with Crippen LogP contribution in [0.3, 0.4) is 0 Å². The van der Waals surface area contributed by atoms with E-state index in [1.54, 1.807) is 10.8 Å². The van der Waals surface area contributed by atoms with E-state index in [-0.39, 0.29) is 47.2 Å². The molecule has 11 unspecified atom stereocenters. The van der Waals surface area contributed by atoms with Crippen LogP contribution in [0.4, 0.5) is 0 Å². The monoisotopic (exact) mass is 578 g/mol.